The first-order chi connectivity index (χ1) is 15.5. The average molecular weight is 559 g/mol. The molecule has 7 nitrogen and oxygen atoms in total. The van der Waals surface area contributed by atoms with Crippen LogP contribution < -0.4 is 10.1 Å². The molecule has 1 aromatic carbocycles. The number of halogens is 3. The van der Waals surface area contributed by atoms with Crippen molar-refractivity contribution < 1.29 is 19.1 Å². The molecule has 1 atom stereocenters. The lowest BCUT2D eigenvalue weighted by Crippen LogP contribution is -2.43. The second-order valence-electron chi connectivity index (χ2n) is 8.74. The maximum Gasteiger partial charge on any atom is 0.410 e. The van der Waals surface area contributed by atoms with Gasteiger partial charge in [-0.1, -0.05) is 35.3 Å². The maximum absolute atomic E-state index is 13.0. The van der Waals surface area contributed by atoms with Crippen LogP contribution in [0, 0.1) is 0 Å². The molecule has 1 fully saturated rings. The highest BCUT2D eigenvalue weighted by molar-refractivity contribution is 9.10. The van der Waals surface area contributed by atoms with Crippen LogP contribution in [0.5, 0.6) is 5.88 Å². The molecule has 2 aromatic rings. The highest BCUT2D eigenvalue weighted by Crippen LogP contribution is 2.37. The number of amides is 2. The van der Waals surface area contributed by atoms with Gasteiger partial charge >= 0.3 is 6.09 Å². The summed E-state index contributed by atoms with van der Waals surface area (Å²) >= 11 is 16.5. The van der Waals surface area contributed by atoms with E-state index in [1.807, 2.05) is 18.2 Å². The molecule has 0 spiro atoms. The quantitative estimate of drug-likeness (QED) is 0.481. The minimum absolute atomic E-state index is 0.0309. The van der Waals surface area contributed by atoms with Crippen molar-refractivity contribution >= 4 is 51.1 Å². The molecule has 3 rings (SSSR count). The van der Waals surface area contributed by atoms with Crippen LogP contribution in [0.25, 0.3) is 11.3 Å². The zero-order chi connectivity index (χ0) is 24.3. The number of hydrogen-bond acceptors (Lipinski definition) is 5. The summed E-state index contributed by atoms with van der Waals surface area (Å²) in [6, 6.07) is 7.04. The Kier molecular flexibility index (Phi) is 8.13. The van der Waals surface area contributed by atoms with Gasteiger partial charge in [-0.2, -0.15) is 0 Å². The van der Waals surface area contributed by atoms with Gasteiger partial charge in [0.2, 0.25) is 11.8 Å². The number of ether oxygens (including phenoxy) is 2. The summed E-state index contributed by atoms with van der Waals surface area (Å²) in [4.78, 5) is 30.7. The monoisotopic (exact) mass is 557 g/mol. The van der Waals surface area contributed by atoms with Crippen molar-refractivity contribution in [2.24, 2.45) is 0 Å². The molecule has 1 aromatic heterocycles. The first-order valence-corrected chi connectivity index (χ1v) is 12.0. The Bertz CT molecular complexity index is 1060. The minimum Gasteiger partial charge on any atom is -0.481 e. The number of methoxy groups -OCH3 is 1. The van der Waals surface area contributed by atoms with Crippen LogP contribution >= 0.6 is 39.1 Å². The molecule has 1 N–H and O–H groups in total. The topological polar surface area (TPSA) is 80.8 Å². The summed E-state index contributed by atoms with van der Waals surface area (Å²) in [5.41, 5.74) is 1.08. The van der Waals surface area contributed by atoms with Gasteiger partial charge in [-0.05, 0) is 55.3 Å². The Morgan fingerprint density at radius 3 is 2.67 bits per heavy atom. The molecule has 1 aliphatic heterocycles. The lowest BCUT2D eigenvalue weighted by molar-refractivity contribution is -0.119. The fraction of sp³-hybridized carbons (Fsp3) is 0.435. The van der Waals surface area contributed by atoms with E-state index in [-0.39, 0.29) is 30.9 Å². The van der Waals surface area contributed by atoms with E-state index in [0.29, 0.717) is 39.7 Å². The van der Waals surface area contributed by atoms with Crippen LogP contribution in [0.4, 0.5) is 4.79 Å². The summed E-state index contributed by atoms with van der Waals surface area (Å²) in [5.74, 6) is 0.245. The van der Waals surface area contributed by atoms with Gasteiger partial charge in [0.25, 0.3) is 0 Å². The number of carbonyl (C=O) groups excluding carboxylic acids is 2. The fourth-order valence-electron chi connectivity index (χ4n) is 3.47. The predicted molar refractivity (Wildman–Crippen MR) is 132 cm³/mol. The molecule has 0 radical (unpaired) electrons. The number of pyridine rings is 1. The van der Waals surface area contributed by atoms with Crippen LogP contribution in [0.15, 0.2) is 28.7 Å². The molecule has 33 heavy (non-hydrogen) atoms. The molecule has 0 aliphatic carbocycles. The molecular weight excluding hydrogens is 533 g/mol. The molecule has 1 aliphatic rings. The van der Waals surface area contributed by atoms with Crippen molar-refractivity contribution in [3.05, 3.63) is 44.3 Å². The third-order valence-corrected chi connectivity index (χ3v) is 6.61. The van der Waals surface area contributed by atoms with E-state index in [1.165, 1.54) is 12.0 Å². The van der Waals surface area contributed by atoms with E-state index >= 15 is 0 Å². The third kappa shape index (κ3) is 6.52. The average Bonchev–Trinajstić information content (AvgIpc) is 3.14. The van der Waals surface area contributed by atoms with Crippen LogP contribution in [0.1, 0.15) is 39.2 Å². The van der Waals surface area contributed by atoms with Gasteiger partial charge in [0, 0.05) is 29.0 Å². The van der Waals surface area contributed by atoms with E-state index < -0.39 is 11.7 Å². The predicted octanol–water partition coefficient (Wildman–Crippen LogP) is 5.84. The van der Waals surface area contributed by atoms with E-state index in [0.717, 1.165) is 4.47 Å². The van der Waals surface area contributed by atoms with Crippen molar-refractivity contribution in [2.75, 3.05) is 13.7 Å². The van der Waals surface area contributed by atoms with Gasteiger partial charge in [0.15, 0.2) is 0 Å². The van der Waals surface area contributed by atoms with Gasteiger partial charge in [-0.3, -0.25) is 4.79 Å². The number of benzene rings is 1. The van der Waals surface area contributed by atoms with Gasteiger partial charge in [-0.25, -0.2) is 9.78 Å². The Labute approximate surface area is 211 Å². The zero-order valence-corrected chi connectivity index (χ0v) is 22.0. The van der Waals surface area contributed by atoms with Crippen LogP contribution in [0.2, 0.25) is 10.0 Å². The van der Waals surface area contributed by atoms with E-state index in [9.17, 15) is 9.59 Å². The number of aromatic nitrogens is 1. The lowest BCUT2D eigenvalue weighted by atomic mass is 10.1. The number of nitrogens with one attached hydrogen (secondary N) is 1. The van der Waals surface area contributed by atoms with Crippen molar-refractivity contribution in [1.29, 1.82) is 0 Å². The molecule has 178 valence electrons. The lowest BCUT2D eigenvalue weighted by Gasteiger charge is -2.29. The SMILES string of the molecule is COc1nc(-c2cccc(Br)c2Cl)cc(Cl)c1CN(C[C@@H]1CCC(=O)N1)C(=O)OC(C)(C)C. The zero-order valence-electron chi connectivity index (χ0n) is 18.9. The van der Waals surface area contributed by atoms with Crippen LogP contribution in [-0.4, -0.2) is 47.2 Å². The van der Waals surface area contributed by atoms with Crippen molar-refractivity contribution in [2.45, 2.75) is 51.8 Å². The Hall–Kier alpha value is -2.03. The molecular formula is C23H26BrCl2N3O4. The van der Waals surface area contributed by atoms with Gasteiger partial charge < -0.3 is 19.7 Å². The normalized spacial score (nSPS) is 15.8. The fourth-order valence-corrected chi connectivity index (χ4v) is 4.30. The third-order valence-electron chi connectivity index (χ3n) is 4.98. The largest absolute Gasteiger partial charge is 0.481 e. The van der Waals surface area contributed by atoms with E-state index in [1.54, 1.807) is 26.8 Å². The van der Waals surface area contributed by atoms with Crippen LogP contribution in [-0.2, 0) is 16.1 Å². The molecule has 0 saturated carbocycles. The Morgan fingerprint density at radius 1 is 1.33 bits per heavy atom. The molecule has 0 unspecified atom stereocenters. The molecule has 1 saturated heterocycles. The molecule has 0 bridgehead atoms. The van der Waals surface area contributed by atoms with Crippen molar-refractivity contribution in [1.82, 2.24) is 15.2 Å². The first kappa shape index (κ1) is 25.6. The second kappa shape index (κ2) is 10.5. The highest BCUT2D eigenvalue weighted by atomic mass is 79.9. The van der Waals surface area contributed by atoms with Crippen molar-refractivity contribution in [3.63, 3.8) is 0 Å². The summed E-state index contributed by atoms with van der Waals surface area (Å²) in [6.07, 6.45) is 0.558. The minimum atomic E-state index is -0.679. The number of carbonyl (C=O) groups is 2. The van der Waals surface area contributed by atoms with Gasteiger partial charge in [0.1, 0.15) is 5.60 Å². The van der Waals surface area contributed by atoms with E-state index in [2.05, 4.69) is 26.2 Å². The molecule has 2 heterocycles. The summed E-state index contributed by atoms with van der Waals surface area (Å²) in [5, 5.41) is 3.76. The Balaban J connectivity index is 1.94. The number of hydrogen-bond donors (Lipinski definition) is 1. The molecule has 2 amide bonds. The summed E-state index contributed by atoms with van der Waals surface area (Å²) < 4.78 is 11.9. The standard InChI is InChI=1S/C23H26BrCl2N3O4/c1-23(2,3)33-22(31)29(11-13-8-9-19(30)27-13)12-15-17(25)10-18(28-21(15)32-4)14-6-5-7-16(24)20(14)26/h5-7,10,13H,8-9,11-12H2,1-4H3,(H,27,30)/t13-/m0/s1. The van der Waals surface area contributed by atoms with Gasteiger partial charge in [-0.15, -0.1) is 0 Å². The highest BCUT2D eigenvalue weighted by Gasteiger charge is 2.30. The van der Waals surface area contributed by atoms with Crippen molar-refractivity contribution in [3.8, 4) is 17.1 Å². The summed E-state index contributed by atoms with van der Waals surface area (Å²) in [6.45, 7) is 5.77. The summed E-state index contributed by atoms with van der Waals surface area (Å²) in [7, 11) is 1.49. The maximum atomic E-state index is 13.0. The number of nitrogens with zero attached hydrogens (tertiary/aromatic N) is 2. The second-order valence-corrected chi connectivity index (χ2v) is 10.4. The Morgan fingerprint density at radius 2 is 2.06 bits per heavy atom. The first-order valence-electron chi connectivity index (χ1n) is 10.4. The van der Waals surface area contributed by atoms with E-state index in [4.69, 9.17) is 32.7 Å². The van der Waals surface area contributed by atoms with Crippen LogP contribution in [0.3, 0.4) is 0 Å². The number of rotatable bonds is 6. The van der Waals surface area contributed by atoms with Gasteiger partial charge in [0.05, 0.1) is 35.0 Å². The smallest absolute Gasteiger partial charge is 0.410 e. The molecule has 10 heteroatoms.